The summed E-state index contributed by atoms with van der Waals surface area (Å²) in [6.45, 7) is 1.40. The Hall–Kier alpha value is -3.22. The fraction of sp³-hybridized carbons (Fsp3) is 0.250. The number of piperidine rings is 1. The van der Waals surface area contributed by atoms with Crippen molar-refractivity contribution in [3.8, 4) is 11.5 Å². The van der Waals surface area contributed by atoms with E-state index in [9.17, 15) is 9.18 Å². The second kappa shape index (κ2) is 7.57. The average Bonchev–Trinajstić information content (AvgIpc) is 3.25. The molecular weight excluding hydrogens is 347 g/mol. The van der Waals surface area contributed by atoms with E-state index in [-0.39, 0.29) is 17.5 Å². The molecule has 3 aromatic rings. The zero-order valence-electron chi connectivity index (χ0n) is 14.6. The number of nitrogens with one attached hydrogen (secondary N) is 1. The topological polar surface area (TPSA) is 71.3 Å². The number of nitrogens with zero attached hydrogens (tertiary/aromatic N) is 3. The molecule has 4 rings (SSSR count). The second-order valence-corrected chi connectivity index (χ2v) is 6.48. The molecule has 1 amide bonds. The number of amides is 1. The van der Waals surface area contributed by atoms with Crippen LogP contribution in [0.25, 0.3) is 11.5 Å². The van der Waals surface area contributed by atoms with E-state index < -0.39 is 5.82 Å². The van der Waals surface area contributed by atoms with Crippen molar-refractivity contribution in [2.45, 2.75) is 12.8 Å². The standard InChI is InChI=1S/C20H19FN4O2/c21-15-4-1-2-5-16(15)22-20(26)14-9-11-25(12-10-14)19-8-7-17(23-24-19)18-6-3-13-27-18/h1-8,13-14H,9-12H2,(H,22,26). The molecule has 1 N–H and O–H groups in total. The first-order valence-electron chi connectivity index (χ1n) is 8.88. The monoisotopic (exact) mass is 366 g/mol. The maximum absolute atomic E-state index is 13.7. The normalized spacial score (nSPS) is 14.9. The van der Waals surface area contributed by atoms with Crippen LogP contribution < -0.4 is 10.2 Å². The van der Waals surface area contributed by atoms with Crippen molar-refractivity contribution >= 4 is 17.4 Å². The Morgan fingerprint density at radius 1 is 1.07 bits per heavy atom. The molecule has 0 spiro atoms. The molecule has 0 radical (unpaired) electrons. The number of carbonyl (C=O) groups excluding carboxylic acids is 1. The average molecular weight is 366 g/mol. The first-order chi connectivity index (χ1) is 13.2. The Morgan fingerprint density at radius 2 is 1.89 bits per heavy atom. The van der Waals surface area contributed by atoms with E-state index in [1.165, 1.54) is 6.07 Å². The molecule has 1 aliphatic rings. The van der Waals surface area contributed by atoms with Crippen molar-refractivity contribution in [3.63, 3.8) is 0 Å². The summed E-state index contributed by atoms with van der Waals surface area (Å²) in [5.74, 6) is 0.751. The number of carbonyl (C=O) groups is 1. The lowest BCUT2D eigenvalue weighted by Gasteiger charge is -2.31. The van der Waals surface area contributed by atoms with Crippen LogP contribution in [-0.4, -0.2) is 29.2 Å². The van der Waals surface area contributed by atoms with Crippen molar-refractivity contribution in [1.82, 2.24) is 10.2 Å². The van der Waals surface area contributed by atoms with Gasteiger partial charge in [0.1, 0.15) is 11.5 Å². The minimum atomic E-state index is -0.421. The van der Waals surface area contributed by atoms with Crippen LogP contribution in [0.3, 0.4) is 0 Å². The summed E-state index contributed by atoms with van der Waals surface area (Å²) < 4.78 is 19.0. The van der Waals surface area contributed by atoms with Crippen LogP contribution in [0.4, 0.5) is 15.9 Å². The summed E-state index contributed by atoms with van der Waals surface area (Å²) in [6.07, 6.45) is 2.96. The van der Waals surface area contributed by atoms with E-state index >= 15 is 0 Å². The predicted octanol–water partition coefficient (Wildman–Crippen LogP) is 3.73. The van der Waals surface area contributed by atoms with Gasteiger partial charge in [-0.05, 0) is 49.2 Å². The Balaban J connectivity index is 1.34. The van der Waals surface area contributed by atoms with Crippen molar-refractivity contribution < 1.29 is 13.6 Å². The summed E-state index contributed by atoms with van der Waals surface area (Å²) in [5.41, 5.74) is 0.909. The number of rotatable bonds is 4. The van der Waals surface area contributed by atoms with Gasteiger partial charge in [0.15, 0.2) is 11.6 Å². The minimum absolute atomic E-state index is 0.140. The molecule has 138 valence electrons. The molecule has 1 fully saturated rings. The SMILES string of the molecule is O=C(Nc1ccccc1F)C1CCN(c2ccc(-c3ccco3)nn2)CC1. The Kier molecular flexibility index (Phi) is 4.82. The molecular formula is C20H19FN4O2. The van der Waals surface area contributed by atoms with Crippen LogP contribution in [0.2, 0.25) is 0 Å². The lowest BCUT2D eigenvalue weighted by atomic mass is 9.95. The second-order valence-electron chi connectivity index (χ2n) is 6.48. The third-order valence-electron chi connectivity index (χ3n) is 4.75. The first-order valence-corrected chi connectivity index (χ1v) is 8.88. The predicted molar refractivity (Wildman–Crippen MR) is 99.7 cm³/mol. The molecule has 2 aromatic heterocycles. The maximum atomic E-state index is 13.7. The lowest BCUT2D eigenvalue weighted by molar-refractivity contribution is -0.120. The number of halogens is 1. The Morgan fingerprint density at radius 3 is 2.56 bits per heavy atom. The van der Waals surface area contributed by atoms with E-state index in [1.54, 1.807) is 24.5 Å². The number of furan rings is 1. The summed E-state index contributed by atoms with van der Waals surface area (Å²) in [5, 5.41) is 11.2. The maximum Gasteiger partial charge on any atom is 0.227 e. The number of anilines is 2. The van der Waals surface area contributed by atoms with Gasteiger partial charge in [0.25, 0.3) is 0 Å². The first kappa shape index (κ1) is 17.2. The van der Waals surface area contributed by atoms with Crippen molar-refractivity contribution in [2.24, 2.45) is 5.92 Å². The highest BCUT2D eigenvalue weighted by Gasteiger charge is 2.26. The van der Waals surface area contributed by atoms with E-state index in [0.29, 0.717) is 37.4 Å². The van der Waals surface area contributed by atoms with Gasteiger partial charge in [-0.15, -0.1) is 10.2 Å². The quantitative estimate of drug-likeness (QED) is 0.762. The third kappa shape index (κ3) is 3.81. The largest absolute Gasteiger partial charge is 0.463 e. The van der Waals surface area contributed by atoms with Gasteiger partial charge in [0, 0.05) is 19.0 Å². The van der Waals surface area contributed by atoms with Crippen LogP contribution in [-0.2, 0) is 4.79 Å². The Labute approximate surface area is 156 Å². The molecule has 0 aliphatic carbocycles. The van der Waals surface area contributed by atoms with Crippen LogP contribution in [0, 0.1) is 11.7 Å². The molecule has 1 saturated heterocycles. The van der Waals surface area contributed by atoms with Gasteiger partial charge in [0.2, 0.25) is 5.91 Å². The van der Waals surface area contributed by atoms with Gasteiger partial charge in [-0.1, -0.05) is 12.1 Å². The number of para-hydroxylation sites is 1. The minimum Gasteiger partial charge on any atom is -0.463 e. The zero-order valence-corrected chi connectivity index (χ0v) is 14.6. The number of benzene rings is 1. The smallest absolute Gasteiger partial charge is 0.227 e. The van der Waals surface area contributed by atoms with Gasteiger partial charge in [-0.2, -0.15) is 0 Å². The molecule has 0 bridgehead atoms. The summed E-state index contributed by atoms with van der Waals surface area (Å²) in [7, 11) is 0. The number of hydrogen-bond donors (Lipinski definition) is 1. The highest BCUT2D eigenvalue weighted by atomic mass is 19.1. The van der Waals surface area contributed by atoms with Gasteiger partial charge >= 0.3 is 0 Å². The molecule has 6 nitrogen and oxygen atoms in total. The fourth-order valence-electron chi connectivity index (χ4n) is 3.22. The molecule has 1 aliphatic heterocycles. The summed E-state index contributed by atoms with van der Waals surface area (Å²) in [6, 6.07) is 13.6. The van der Waals surface area contributed by atoms with Crippen LogP contribution in [0.1, 0.15) is 12.8 Å². The van der Waals surface area contributed by atoms with E-state index in [2.05, 4.69) is 20.4 Å². The molecule has 0 atom stereocenters. The van der Waals surface area contributed by atoms with E-state index in [0.717, 1.165) is 5.82 Å². The zero-order chi connectivity index (χ0) is 18.6. The van der Waals surface area contributed by atoms with Gasteiger partial charge in [0.05, 0.1) is 12.0 Å². The molecule has 0 unspecified atom stereocenters. The van der Waals surface area contributed by atoms with E-state index in [1.807, 2.05) is 24.3 Å². The van der Waals surface area contributed by atoms with Gasteiger partial charge in [-0.25, -0.2) is 4.39 Å². The Bertz CT molecular complexity index is 904. The van der Waals surface area contributed by atoms with E-state index in [4.69, 9.17) is 4.42 Å². The molecule has 3 heterocycles. The third-order valence-corrected chi connectivity index (χ3v) is 4.75. The number of aromatic nitrogens is 2. The van der Waals surface area contributed by atoms with Crippen LogP contribution >= 0.6 is 0 Å². The fourth-order valence-corrected chi connectivity index (χ4v) is 3.22. The van der Waals surface area contributed by atoms with Crippen LogP contribution in [0.5, 0.6) is 0 Å². The highest BCUT2D eigenvalue weighted by Crippen LogP contribution is 2.25. The molecule has 0 saturated carbocycles. The lowest BCUT2D eigenvalue weighted by Crippen LogP contribution is -2.38. The molecule has 1 aromatic carbocycles. The van der Waals surface area contributed by atoms with Crippen molar-refractivity contribution in [3.05, 3.63) is 60.6 Å². The van der Waals surface area contributed by atoms with Crippen molar-refractivity contribution in [1.29, 1.82) is 0 Å². The highest BCUT2D eigenvalue weighted by molar-refractivity contribution is 5.92. The van der Waals surface area contributed by atoms with Crippen molar-refractivity contribution in [2.75, 3.05) is 23.3 Å². The number of hydrogen-bond acceptors (Lipinski definition) is 5. The van der Waals surface area contributed by atoms with Gasteiger partial charge < -0.3 is 14.6 Å². The van der Waals surface area contributed by atoms with Crippen LogP contribution in [0.15, 0.2) is 59.2 Å². The molecule has 27 heavy (non-hydrogen) atoms. The summed E-state index contributed by atoms with van der Waals surface area (Å²) >= 11 is 0. The van der Waals surface area contributed by atoms with Gasteiger partial charge in [-0.3, -0.25) is 4.79 Å². The molecule has 7 heteroatoms. The summed E-state index contributed by atoms with van der Waals surface area (Å²) in [4.78, 5) is 14.5.